The van der Waals surface area contributed by atoms with E-state index in [2.05, 4.69) is 233 Å². The van der Waals surface area contributed by atoms with Crippen LogP contribution >= 0.6 is 0 Å². The summed E-state index contributed by atoms with van der Waals surface area (Å²) in [6.07, 6.45) is 7.23. The van der Waals surface area contributed by atoms with Crippen molar-refractivity contribution in [3.63, 3.8) is 0 Å². The molecule has 0 aliphatic heterocycles. The van der Waals surface area contributed by atoms with Crippen LogP contribution in [0.4, 0.5) is 17.1 Å². The standard InChI is InChI=1S/C63H52N2/c1-61(2)51-24-14-10-20-44(51)46-33-32-42(34-53(46)61)64(41-30-28-40(29-31-41)39-18-8-7-9-19-39)59-36-43(65-57-26-16-12-22-47(57)48-23-13-17-27-58(48)65)35-56-60(59)50-38-54-49(37-55(50)63(56,5)6)45-21-11-15-25-52(45)62(54,3)4/h7-10,12-14,16-38H,11,15H2,1-6H3. The predicted octanol–water partition coefficient (Wildman–Crippen LogP) is 16.9. The highest BCUT2D eigenvalue weighted by molar-refractivity contribution is 6.10. The second-order valence-corrected chi connectivity index (χ2v) is 20.4. The molecule has 1 heterocycles. The SMILES string of the molecule is CC1(C)C2=CCCC=C2c2cc3c(cc21)-c1c(N(c2ccc(-c4ccccc4)cc2)c2ccc4c(c2)C(C)(C)c2ccccc2-4)cc(-n2c4ccccc4c4ccccc42)cc1C3(C)C. The molecule has 65 heavy (non-hydrogen) atoms. The van der Waals surface area contributed by atoms with E-state index in [1.54, 1.807) is 0 Å². The third-order valence-corrected chi connectivity index (χ3v) is 15.8. The van der Waals surface area contributed by atoms with Crippen molar-refractivity contribution < 1.29 is 0 Å². The van der Waals surface area contributed by atoms with Crippen molar-refractivity contribution in [1.82, 2.24) is 4.57 Å². The molecule has 0 spiro atoms. The monoisotopic (exact) mass is 836 g/mol. The Morgan fingerprint density at radius 1 is 0.415 bits per heavy atom. The molecule has 0 unspecified atom stereocenters. The molecule has 13 rings (SSSR count). The molecule has 0 saturated heterocycles. The summed E-state index contributed by atoms with van der Waals surface area (Å²) in [5.41, 5.74) is 25.6. The lowest BCUT2D eigenvalue weighted by atomic mass is 9.79. The van der Waals surface area contributed by atoms with Crippen LogP contribution in [0.2, 0.25) is 0 Å². The zero-order chi connectivity index (χ0) is 44.0. The summed E-state index contributed by atoms with van der Waals surface area (Å²) in [5.74, 6) is 0. The molecule has 8 aromatic carbocycles. The molecule has 4 aliphatic rings. The number of aromatic nitrogens is 1. The average Bonchev–Trinajstić information content (AvgIpc) is 3.95. The topological polar surface area (TPSA) is 8.17 Å². The van der Waals surface area contributed by atoms with E-state index in [1.165, 1.54) is 111 Å². The van der Waals surface area contributed by atoms with Crippen molar-refractivity contribution in [2.24, 2.45) is 0 Å². The van der Waals surface area contributed by atoms with E-state index >= 15 is 0 Å². The van der Waals surface area contributed by atoms with Crippen LogP contribution in [-0.4, -0.2) is 4.57 Å². The highest BCUT2D eigenvalue weighted by atomic mass is 15.1. The van der Waals surface area contributed by atoms with Crippen LogP contribution in [0.15, 0.2) is 188 Å². The van der Waals surface area contributed by atoms with E-state index in [9.17, 15) is 0 Å². The van der Waals surface area contributed by atoms with Gasteiger partial charge >= 0.3 is 0 Å². The van der Waals surface area contributed by atoms with Gasteiger partial charge in [0.15, 0.2) is 0 Å². The second kappa shape index (κ2) is 13.4. The minimum Gasteiger partial charge on any atom is -0.310 e. The van der Waals surface area contributed by atoms with Crippen LogP contribution in [0, 0.1) is 0 Å². The van der Waals surface area contributed by atoms with E-state index in [1.807, 2.05) is 0 Å². The van der Waals surface area contributed by atoms with Crippen molar-refractivity contribution in [3.8, 4) is 39.1 Å². The zero-order valence-corrected chi connectivity index (χ0v) is 38.1. The van der Waals surface area contributed by atoms with E-state index in [0.29, 0.717) is 0 Å². The van der Waals surface area contributed by atoms with Crippen LogP contribution in [0.3, 0.4) is 0 Å². The molecule has 2 nitrogen and oxygen atoms in total. The van der Waals surface area contributed by atoms with Gasteiger partial charge in [-0.15, -0.1) is 0 Å². The number of rotatable bonds is 5. The number of benzene rings is 8. The van der Waals surface area contributed by atoms with Gasteiger partial charge in [-0.1, -0.05) is 163 Å². The smallest absolute Gasteiger partial charge is 0.0564 e. The number of hydrogen-bond donors (Lipinski definition) is 0. The Labute approximate surface area is 382 Å². The fourth-order valence-corrected chi connectivity index (χ4v) is 12.5. The molecule has 4 aliphatic carbocycles. The molecular formula is C63H52N2. The Hall–Kier alpha value is -7.16. The number of nitrogens with zero attached hydrogens (tertiary/aromatic N) is 2. The van der Waals surface area contributed by atoms with Crippen LogP contribution in [0.5, 0.6) is 0 Å². The van der Waals surface area contributed by atoms with Crippen LogP contribution in [0.25, 0.3) is 66.4 Å². The zero-order valence-electron chi connectivity index (χ0n) is 38.1. The van der Waals surface area contributed by atoms with E-state index in [0.717, 1.165) is 24.2 Å². The molecule has 0 radical (unpaired) electrons. The normalized spacial score (nSPS) is 16.6. The summed E-state index contributed by atoms with van der Waals surface area (Å²) in [6, 6.07) is 64.3. The fraction of sp³-hybridized carbons (Fsp3) is 0.175. The number of hydrogen-bond acceptors (Lipinski definition) is 1. The maximum atomic E-state index is 2.60. The Morgan fingerprint density at radius 2 is 0.985 bits per heavy atom. The highest BCUT2D eigenvalue weighted by Crippen LogP contribution is 2.61. The average molecular weight is 837 g/mol. The molecule has 0 N–H and O–H groups in total. The first-order valence-corrected chi connectivity index (χ1v) is 23.5. The predicted molar refractivity (Wildman–Crippen MR) is 274 cm³/mol. The number of anilines is 3. The molecule has 0 amide bonds. The lowest BCUT2D eigenvalue weighted by molar-refractivity contribution is 0.648. The summed E-state index contributed by atoms with van der Waals surface area (Å²) in [5, 5.41) is 2.54. The molecule has 0 saturated carbocycles. The van der Waals surface area contributed by atoms with Gasteiger partial charge in [0.1, 0.15) is 0 Å². The first kappa shape index (κ1) is 38.3. The van der Waals surface area contributed by atoms with Crippen LogP contribution < -0.4 is 4.90 Å². The van der Waals surface area contributed by atoms with Gasteiger partial charge in [-0.05, 0) is 146 Å². The maximum absolute atomic E-state index is 2.60. The van der Waals surface area contributed by atoms with Gasteiger partial charge in [0.05, 0.1) is 16.7 Å². The lowest BCUT2D eigenvalue weighted by Gasteiger charge is -2.31. The molecule has 1 aromatic heterocycles. The second-order valence-electron chi connectivity index (χ2n) is 20.4. The fourth-order valence-electron chi connectivity index (χ4n) is 12.5. The first-order valence-electron chi connectivity index (χ1n) is 23.5. The third kappa shape index (κ3) is 5.29. The third-order valence-electron chi connectivity index (χ3n) is 15.8. The Kier molecular flexibility index (Phi) is 7.92. The summed E-state index contributed by atoms with van der Waals surface area (Å²) >= 11 is 0. The highest BCUT2D eigenvalue weighted by Gasteiger charge is 2.45. The van der Waals surface area contributed by atoms with Crippen molar-refractivity contribution in [2.45, 2.75) is 70.6 Å². The minimum atomic E-state index is -0.278. The van der Waals surface area contributed by atoms with Gasteiger partial charge in [0.2, 0.25) is 0 Å². The summed E-state index contributed by atoms with van der Waals surface area (Å²) < 4.78 is 2.51. The van der Waals surface area contributed by atoms with Crippen molar-refractivity contribution in [3.05, 3.63) is 221 Å². The molecular weight excluding hydrogens is 785 g/mol. The maximum Gasteiger partial charge on any atom is 0.0564 e. The quantitative estimate of drug-likeness (QED) is 0.168. The van der Waals surface area contributed by atoms with E-state index < -0.39 is 0 Å². The molecule has 0 bridgehead atoms. The van der Waals surface area contributed by atoms with Gasteiger partial charge in [-0.2, -0.15) is 0 Å². The van der Waals surface area contributed by atoms with E-state index in [4.69, 9.17) is 0 Å². The number of fused-ring (bicyclic) bond motifs is 12. The minimum absolute atomic E-state index is 0.0832. The molecule has 0 fully saturated rings. The number of allylic oxidation sites excluding steroid dienone is 4. The summed E-state index contributed by atoms with van der Waals surface area (Å²) in [4.78, 5) is 2.58. The van der Waals surface area contributed by atoms with Gasteiger partial charge in [-0.3, -0.25) is 0 Å². The van der Waals surface area contributed by atoms with Crippen molar-refractivity contribution in [2.75, 3.05) is 4.90 Å². The lowest BCUT2D eigenvalue weighted by Crippen LogP contribution is -2.18. The first-order chi connectivity index (χ1) is 31.5. The van der Waals surface area contributed by atoms with Crippen LogP contribution in [0.1, 0.15) is 87.8 Å². The van der Waals surface area contributed by atoms with Crippen molar-refractivity contribution >= 4 is 44.4 Å². The largest absolute Gasteiger partial charge is 0.310 e. The molecule has 2 heteroatoms. The van der Waals surface area contributed by atoms with Gasteiger partial charge in [-0.25, -0.2) is 0 Å². The van der Waals surface area contributed by atoms with Gasteiger partial charge in [0.25, 0.3) is 0 Å². The van der Waals surface area contributed by atoms with Gasteiger partial charge < -0.3 is 9.47 Å². The Bertz CT molecular complexity index is 3500. The molecule has 0 atom stereocenters. The van der Waals surface area contributed by atoms with Gasteiger partial charge in [0, 0.05) is 49.6 Å². The number of para-hydroxylation sites is 2. The summed E-state index contributed by atoms with van der Waals surface area (Å²) in [7, 11) is 0. The Morgan fingerprint density at radius 3 is 1.74 bits per heavy atom. The van der Waals surface area contributed by atoms with E-state index in [-0.39, 0.29) is 16.2 Å². The van der Waals surface area contributed by atoms with Crippen LogP contribution in [-0.2, 0) is 16.2 Å². The Balaban J connectivity index is 1.13. The molecule has 9 aromatic rings. The van der Waals surface area contributed by atoms with Crippen molar-refractivity contribution in [1.29, 1.82) is 0 Å². The summed E-state index contributed by atoms with van der Waals surface area (Å²) in [6.45, 7) is 14.6. The molecule has 314 valence electrons.